The highest BCUT2D eigenvalue weighted by molar-refractivity contribution is 6.74. The molecule has 1 aromatic carbocycles. The Morgan fingerprint density at radius 2 is 1.90 bits per heavy atom. The molecule has 1 unspecified atom stereocenters. The summed E-state index contributed by atoms with van der Waals surface area (Å²) < 4.78 is 12.5. The van der Waals surface area contributed by atoms with Crippen molar-refractivity contribution in [2.24, 2.45) is 23.2 Å². The molecule has 1 aromatic rings. The molecule has 3 aliphatic rings. The minimum absolute atomic E-state index is 0.124. The van der Waals surface area contributed by atoms with Gasteiger partial charge >= 0.3 is 0 Å². The van der Waals surface area contributed by atoms with Gasteiger partial charge in [-0.3, -0.25) is 4.79 Å². The fraction of sp³-hybridized carbons (Fsp3) is 0.692. The van der Waals surface area contributed by atoms with Crippen molar-refractivity contribution in [1.82, 2.24) is 0 Å². The summed E-state index contributed by atoms with van der Waals surface area (Å²) in [6.45, 7) is 13.4. The molecule has 168 valence electrons. The van der Waals surface area contributed by atoms with E-state index in [0.717, 1.165) is 43.6 Å². The van der Waals surface area contributed by atoms with Gasteiger partial charge in [-0.2, -0.15) is 5.26 Å². The molecule has 5 heteroatoms. The number of benzene rings is 1. The average molecular weight is 440 g/mol. The standard InChI is InChI=1S/C26H37NO3Si/c1-25(2,3)31(6,7)30-23-13-16-8-9-19-18(20(16)14-22(23)29-5)10-11-26(4)21(19)12-17(15-27)24(26)28/h13-14,17-19,21H,8-12H2,1-7H3/t17?,18-,19+,21-,26-/m0/s1. The summed E-state index contributed by atoms with van der Waals surface area (Å²) in [5, 5.41) is 9.63. The maximum atomic E-state index is 12.9. The third-order valence-electron chi connectivity index (χ3n) is 9.09. The second-order valence-corrected chi connectivity index (χ2v) is 16.4. The molecule has 0 spiro atoms. The number of ketones is 1. The summed E-state index contributed by atoms with van der Waals surface area (Å²) in [5.74, 6) is 2.74. The predicted octanol–water partition coefficient (Wildman–Crippen LogP) is 6.25. The zero-order chi connectivity index (χ0) is 22.8. The largest absolute Gasteiger partial charge is 0.541 e. The van der Waals surface area contributed by atoms with E-state index in [1.165, 1.54) is 11.1 Å². The van der Waals surface area contributed by atoms with Crippen molar-refractivity contribution in [2.75, 3.05) is 7.11 Å². The van der Waals surface area contributed by atoms with Gasteiger partial charge in [0, 0.05) is 5.41 Å². The summed E-state index contributed by atoms with van der Waals surface area (Å²) in [5.41, 5.74) is 2.44. The van der Waals surface area contributed by atoms with Crippen LogP contribution in [0.4, 0.5) is 0 Å². The molecule has 4 rings (SSSR count). The third kappa shape index (κ3) is 3.42. The summed E-state index contributed by atoms with van der Waals surface area (Å²) in [4.78, 5) is 12.9. The molecule has 2 saturated carbocycles. The Bertz CT molecular complexity index is 941. The summed E-state index contributed by atoms with van der Waals surface area (Å²) >= 11 is 0. The van der Waals surface area contributed by atoms with Crippen LogP contribution in [0.3, 0.4) is 0 Å². The predicted molar refractivity (Wildman–Crippen MR) is 125 cm³/mol. The van der Waals surface area contributed by atoms with E-state index in [0.29, 0.717) is 17.8 Å². The number of aryl methyl sites for hydroxylation is 1. The number of carbonyl (C=O) groups is 1. The van der Waals surface area contributed by atoms with Crippen molar-refractivity contribution in [3.8, 4) is 17.6 Å². The van der Waals surface area contributed by atoms with Gasteiger partial charge < -0.3 is 9.16 Å². The van der Waals surface area contributed by atoms with Crippen molar-refractivity contribution < 1.29 is 14.0 Å². The molecule has 0 aliphatic heterocycles. The van der Waals surface area contributed by atoms with Crippen LogP contribution in [-0.4, -0.2) is 21.2 Å². The molecule has 0 saturated heterocycles. The first-order valence-corrected chi connectivity index (χ1v) is 14.7. The van der Waals surface area contributed by atoms with E-state index in [4.69, 9.17) is 9.16 Å². The van der Waals surface area contributed by atoms with Crippen LogP contribution in [0.15, 0.2) is 12.1 Å². The molecule has 0 aromatic heterocycles. The minimum atomic E-state index is -1.97. The van der Waals surface area contributed by atoms with E-state index in [1.807, 2.05) is 0 Å². The quantitative estimate of drug-likeness (QED) is 0.522. The SMILES string of the molecule is COc1cc2c(cc1O[Si](C)(C)C(C)(C)C)CC[C@@H]1[C@@H]2CC[C@]2(C)C(=O)C(C#N)C[C@@H]12. The monoisotopic (exact) mass is 439 g/mol. The molecule has 3 aliphatic carbocycles. The second-order valence-electron chi connectivity index (χ2n) is 11.7. The van der Waals surface area contributed by atoms with E-state index < -0.39 is 14.2 Å². The van der Waals surface area contributed by atoms with E-state index in [2.05, 4.69) is 59.0 Å². The highest BCUT2D eigenvalue weighted by atomic mass is 28.4. The molecule has 5 atom stereocenters. The summed E-state index contributed by atoms with van der Waals surface area (Å²) in [6, 6.07) is 6.74. The molecule has 2 fully saturated rings. The maximum Gasteiger partial charge on any atom is 0.250 e. The number of rotatable bonds is 3. The van der Waals surface area contributed by atoms with Crippen LogP contribution in [0, 0.1) is 34.5 Å². The van der Waals surface area contributed by atoms with Crippen molar-refractivity contribution >= 4 is 14.1 Å². The number of nitriles is 1. The number of fused-ring (bicyclic) bond motifs is 5. The highest BCUT2D eigenvalue weighted by Gasteiger charge is 2.58. The molecular formula is C26H37NO3Si. The Balaban J connectivity index is 1.68. The molecular weight excluding hydrogens is 402 g/mol. The van der Waals surface area contributed by atoms with E-state index in [1.54, 1.807) is 7.11 Å². The molecule has 4 nitrogen and oxygen atoms in total. The fourth-order valence-corrected chi connectivity index (χ4v) is 7.19. The lowest BCUT2D eigenvalue weighted by molar-refractivity contribution is -0.130. The summed E-state index contributed by atoms with van der Waals surface area (Å²) in [7, 11) is -0.241. The Labute approximate surface area is 188 Å². The lowest BCUT2D eigenvalue weighted by Crippen LogP contribution is -2.44. The number of carbonyl (C=O) groups excluding carboxylic acids is 1. The van der Waals surface area contributed by atoms with Crippen LogP contribution in [-0.2, 0) is 11.2 Å². The maximum absolute atomic E-state index is 12.9. The summed E-state index contributed by atoms with van der Waals surface area (Å²) in [6.07, 6.45) is 4.74. The van der Waals surface area contributed by atoms with Gasteiger partial charge in [-0.1, -0.05) is 27.7 Å². The zero-order valence-corrected chi connectivity index (χ0v) is 21.2. The van der Waals surface area contributed by atoms with Crippen LogP contribution in [0.5, 0.6) is 11.5 Å². The molecule has 0 radical (unpaired) electrons. The molecule has 0 heterocycles. The number of ether oxygens (including phenoxy) is 1. The van der Waals surface area contributed by atoms with Gasteiger partial charge in [-0.25, -0.2) is 0 Å². The lowest BCUT2D eigenvalue weighted by atomic mass is 9.55. The number of nitrogens with zero attached hydrogens (tertiary/aromatic N) is 1. The van der Waals surface area contributed by atoms with Gasteiger partial charge in [-0.05, 0) is 91.2 Å². The van der Waals surface area contributed by atoms with Crippen LogP contribution in [0.25, 0.3) is 0 Å². The van der Waals surface area contributed by atoms with Gasteiger partial charge in [0.05, 0.1) is 13.2 Å². The van der Waals surface area contributed by atoms with Crippen molar-refractivity contribution in [2.45, 2.75) is 83.8 Å². The number of hydrogen-bond acceptors (Lipinski definition) is 4. The fourth-order valence-electron chi connectivity index (χ4n) is 6.18. The number of hydrogen-bond donors (Lipinski definition) is 0. The first kappa shape index (κ1) is 22.4. The topological polar surface area (TPSA) is 59.3 Å². The van der Waals surface area contributed by atoms with E-state index >= 15 is 0 Å². The highest BCUT2D eigenvalue weighted by Crippen LogP contribution is 2.61. The Kier molecular flexibility index (Phi) is 5.32. The van der Waals surface area contributed by atoms with Crippen molar-refractivity contribution in [3.05, 3.63) is 23.3 Å². The van der Waals surface area contributed by atoms with Gasteiger partial charge in [0.25, 0.3) is 8.32 Å². The second kappa shape index (κ2) is 7.37. The molecule has 0 bridgehead atoms. The number of methoxy groups -OCH3 is 1. The van der Waals surface area contributed by atoms with E-state index in [-0.39, 0.29) is 16.2 Å². The number of Topliss-reactive ketones (excluding diaryl/α,β-unsaturated/α-hetero) is 1. The molecule has 0 N–H and O–H groups in total. The van der Waals surface area contributed by atoms with Gasteiger partial charge in [0.15, 0.2) is 11.5 Å². The van der Waals surface area contributed by atoms with E-state index in [9.17, 15) is 10.1 Å². The Morgan fingerprint density at radius 3 is 2.52 bits per heavy atom. The Morgan fingerprint density at radius 1 is 1.19 bits per heavy atom. The molecule has 0 amide bonds. The van der Waals surface area contributed by atoms with Crippen LogP contribution >= 0.6 is 0 Å². The normalized spacial score (nSPS) is 32.5. The first-order chi connectivity index (χ1) is 14.4. The van der Waals surface area contributed by atoms with Crippen LogP contribution in [0.1, 0.15) is 70.4 Å². The lowest BCUT2D eigenvalue weighted by Gasteiger charge is -2.48. The van der Waals surface area contributed by atoms with Crippen LogP contribution < -0.4 is 9.16 Å². The smallest absolute Gasteiger partial charge is 0.250 e. The van der Waals surface area contributed by atoms with Crippen LogP contribution in [0.2, 0.25) is 18.1 Å². The zero-order valence-electron chi connectivity index (χ0n) is 20.2. The average Bonchev–Trinajstić information content (AvgIpc) is 2.96. The minimum Gasteiger partial charge on any atom is -0.541 e. The van der Waals surface area contributed by atoms with Crippen molar-refractivity contribution in [3.63, 3.8) is 0 Å². The van der Waals surface area contributed by atoms with Gasteiger partial charge in [0.2, 0.25) is 0 Å². The van der Waals surface area contributed by atoms with Gasteiger partial charge in [0.1, 0.15) is 11.7 Å². The Hall–Kier alpha value is -1.80. The molecule has 31 heavy (non-hydrogen) atoms. The van der Waals surface area contributed by atoms with Crippen molar-refractivity contribution in [1.29, 1.82) is 5.26 Å². The van der Waals surface area contributed by atoms with Gasteiger partial charge in [-0.15, -0.1) is 0 Å². The third-order valence-corrected chi connectivity index (χ3v) is 13.4. The first-order valence-electron chi connectivity index (χ1n) is 11.8.